The van der Waals surface area contributed by atoms with E-state index in [1.165, 1.54) is 11.3 Å². The zero-order valence-electron chi connectivity index (χ0n) is 15.5. The normalized spacial score (nSPS) is 21.0. The van der Waals surface area contributed by atoms with Crippen molar-refractivity contribution in [2.24, 2.45) is 0 Å². The Hall–Kier alpha value is -1.98. The van der Waals surface area contributed by atoms with Gasteiger partial charge in [-0.3, -0.25) is 4.79 Å². The number of nitrogens with zero attached hydrogens (tertiary/aromatic N) is 2. The number of morpholine rings is 1. The van der Waals surface area contributed by atoms with E-state index in [2.05, 4.69) is 47.4 Å². The third kappa shape index (κ3) is 4.47. The Bertz CT molecular complexity index is 745. The van der Waals surface area contributed by atoms with Crippen LogP contribution in [0.1, 0.15) is 27.6 Å². The molecule has 1 atom stereocenters. The summed E-state index contributed by atoms with van der Waals surface area (Å²) in [4.78, 5) is 17.3. The van der Waals surface area contributed by atoms with Crippen LogP contribution < -0.4 is 4.90 Å². The number of amides is 1. The van der Waals surface area contributed by atoms with Gasteiger partial charge in [0.1, 0.15) is 0 Å². The molecular weight excluding hydrogens is 356 g/mol. The maximum Gasteiger partial charge on any atom is 0.253 e. The smallest absolute Gasteiger partial charge is 0.253 e. The number of ether oxygens (including phenoxy) is 1. The van der Waals surface area contributed by atoms with Gasteiger partial charge in [0, 0.05) is 48.4 Å². The monoisotopic (exact) mass is 382 g/mol. The summed E-state index contributed by atoms with van der Waals surface area (Å²) in [5.74, 6) is 1.13. The third-order valence-electron chi connectivity index (χ3n) is 5.29. The Morgan fingerprint density at radius 1 is 0.926 bits per heavy atom. The SMILES string of the molecule is O=C(c1ccc(N2CCOCC2)cc1)N1CCS[C@H](c2ccccc2)CC1. The first kappa shape index (κ1) is 18.4. The van der Waals surface area contributed by atoms with E-state index in [1.807, 2.05) is 28.8 Å². The molecule has 0 spiro atoms. The number of anilines is 1. The van der Waals surface area contributed by atoms with Gasteiger partial charge in [0.15, 0.2) is 0 Å². The Balaban J connectivity index is 1.39. The molecule has 0 aromatic heterocycles. The van der Waals surface area contributed by atoms with Crippen LogP contribution in [0.3, 0.4) is 0 Å². The van der Waals surface area contributed by atoms with Crippen molar-refractivity contribution in [3.05, 3.63) is 65.7 Å². The van der Waals surface area contributed by atoms with Gasteiger partial charge in [0.25, 0.3) is 5.91 Å². The van der Waals surface area contributed by atoms with Crippen molar-refractivity contribution in [2.75, 3.05) is 50.0 Å². The fourth-order valence-corrected chi connectivity index (χ4v) is 4.96. The minimum atomic E-state index is 0.151. The zero-order valence-corrected chi connectivity index (χ0v) is 16.4. The van der Waals surface area contributed by atoms with Crippen LogP contribution >= 0.6 is 11.8 Å². The largest absolute Gasteiger partial charge is 0.378 e. The molecule has 2 aliphatic rings. The number of benzene rings is 2. The summed E-state index contributed by atoms with van der Waals surface area (Å²) < 4.78 is 5.41. The minimum absolute atomic E-state index is 0.151. The van der Waals surface area contributed by atoms with Crippen LogP contribution in [0.2, 0.25) is 0 Å². The average molecular weight is 383 g/mol. The van der Waals surface area contributed by atoms with Crippen LogP contribution in [0.25, 0.3) is 0 Å². The van der Waals surface area contributed by atoms with Crippen LogP contribution in [0.4, 0.5) is 5.69 Å². The maximum absolute atomic E-state index is 13.0. The molecular formula is C22H26N2O2S. The molecule has 0 N–H and O–H groups in total. The Kier molecular flexibility index (Phi) is 6.00. The molecule has 142 valence electrons. The standard InChI is InChI=1S/C22H26N2O2S/c25-22(19-6-8-20(9-7-19)23-12-15-26-16-13-23)24-11-10-21(27-17-14-24)18-4-2-1-3-5-18/h1-9,21H,10-17H2/t21-/m0/s1. The lowest BCUT2D eigenvalue weighted by molar-refractivity contribution is 0.0766. The van der Waals surface area contributed by atoms with Gasteiger partial charge in [0.2, 0.25) is 0 Å². The van der Waals surface area contributed by atoms with E-state index < -0.39 is 0 Å². The van der Waals surface area contributed by atoms with Gasteiger partial charge in [-0.15, -0.1) is 0 Å². The van der Waals surface area contributed by atoms with Gasteiger partial charge in [-0.25, -0.2) is 0 Å². The predicted molar refractivity (Wildman–Crippen MR) is 112 cm³/mol. The van der Waals surface area contributed by atoms with Crippen molar-refractivity contribution in [1.29, 1.82) is 0 Å². The first-order valence-corrected chi connectivity index (χ1v) is 10.7. The van der Waals surface area contributed by atoms with Crippen molar-refractivity contribution >= 4 is 23.4 Å². The van der Waals surface area contributed by atoms with Gasteiger partial charge in [-0.05, 0) is 36.2 Å². The highest BCUT2D eigenvalue weighted by molar-refractivity contribution is 7.99. The van der Waals surface area contributed by atoms with E-state index in [-0.39, 0.29) is 5.91 Å². The number of hydrogen-bond donors (Lipinski definition) is 0. The molecule has 2 aromatic carbocycles. The van der Waals surface area contributed by atoms with Crippen LogP contribution in [0.15, 0.2) is 54.6 Å². The summed E-state index contributed by atoms with van der Waals surface area (Å²) in [5, 5.41) is 0.479. The van der Waals surface area contributed by atoms with Crippen molar-refractivity contribution in [2.45, 2.75) is 11.7 Å². The second kappa shape index (κ2) is 8.81. The molecule has 4 rings (SSSR count). The molecule has 2 heterocycles. The van der Waals surface area contributed by atoms with E-state index in [1.54, 1.807) is 0 Å². The van der Waals surface area contributed by atoms with Gasteiger partial charge >= 0.3 is 0 Å². The Morgan fingerprint density at radius 2 is 1.67 bits per heavy atom. The molecule has 27 heavy (non-hydrogen) atoms. The van der Waals surface area contributed by atoms with E-state index in [4.69, 9.17) is 4.74 Å². The van der Waals surface area contributed by atoms with Gasteiger partial charge < -0.3 is 14.5 Å². The van der Waals surface area contributed by atoms with Crippen molar-refractivity contribution < 1.29 is 9.53 Å². The second-order valence-corrected chi connectivity index (χ2v) is 8.31. The van der Waals surface area contributed by atoms with Gasteiger partial charge in [-0.2, -0.15) is 11.8 Å². The molecule has 5 heteroatoms. The van der Waals surface area contributed by atoms with E-state index in [9.17, 15) is 4.79 Å². The highest BCUT2D eigenvalue weighted by atomic mass is 32.2. The quantitative estimate of drug-likeness (QED) is 0.807. The second-order valence-electron chi connectivity index (χ2n) is 7.00. The van der Waals surface area contributed by atoms with Crippen LogP contribution in [0.5, 0.6) is 0 Å². The van der Waals surface area contributed by atoms with Crippen LogP contribution in [-0.4, -0.2) is 56.0 Å². The fourth-order valence-electron chi connectivity index (χ4n) is 3.73. The molecule has 0 unspecified atom stereocenters. The van der Waals surface area contributed by atoms with Crippen molar-refractivity contribution in [3.63, 3.8) is 0 Å². The molecule has 0 saturated carbocycles. The van der Waals surface area contributed by atoms with Gasteiger partial charge in [-0.1, -0.05) is 30.3 Å². The van der Waals surface area contributed by atoms with Crippen molar-refractivity contribution in [3.8, 4) is 0 Å². The molecule has 2 aliphatic heterocycles. The lowest BCUT2D eigenvalue weighted by Crippen LogP contribution is -2.36. The lowest BCUT2D eigenvalue weighted by Gasteiger charge is -2.29. The molecule has 0 bridgehead atoms. The average Bonchev–Trinajstić information content (AvgIpc) is 3.01. The molecule has 1 amide bonds. The topological polar surface area (TPSA) is 32.8 Å². The summed E-state index contributed by atoms with van der Waals surface area (Å²) >= 11 is 1.96. The fraction of sp³-hybridized carbons (Fsp3) is 0.409. The number of carbonyl (C=O) groups is 1. The third-order valence-corrected chi connectivity index (χ3v) is 6.62. The summed E-state index contributed by atoms with van der Waals surface area (Å²) in [6.45, 7) is 5.01. The summed E-state index contributed by atoms with van der Waals surface area (Å²) in [5.41, 5.74) is 3.33. The molecule has 2 fully saturated rings. The first-order valence-electron chi connectivity index (χ1n) is 9.70. The number of carbonyl (C=O) groups excluding carboxylic acids is 1. The predicted octanol–water partition coefficient (Wildman–Crippen LogP) is 3.84. The van der Waals surface area contributed by atoms with Crippen LogP contribution in [-0.2, 0) is 4.74 Å². The Morgan fingerprint density at radius 3 is 2.41 bits per heavy atom. The molecule has 2 aromatic rings. The lowest BCUT2D eigenvalue weighted by atomic mass is 10.1. The molecule has 4 nitrogen and oxygen atoms in total. The summed E-state index contributed by atoms with van der Waals surface area (Å²) in [7, 11) is 0. The van der Waals surface area contributed by atoms with E-state index in [0.29, 0.717) is 5.25 Å². The summed E-state index contributed by atoms with van der Waals surface area (Å²) in [6, 6.07) is 18.7. The van der Waals surface area contributed by atoms with Crippen LogP contribution in [0, 0.1) is 0 Å². The van der Waals surface area contributed by atoms with E-state index in [0.717, 1.165) is 57.1 Å². The highest BCUT2D eigenvalue weighted by Crippen LogP contribution is 2.34. The highest BCUT2D eigenvalue weighted by Gasteiger charge is 2.23. The number of rotatable bonds is 3. The minimum Gasteiger partial charge on any atom is -0.378 e. The maximum atomic E-state index is 13.0. The summed E-state index contributed by atoms with van der Waals surface area (Å²) in [6.07, 6.45) is 1.01. The number of hydrogen-bond acceptors (Lipinski definition) is 4. The molecule has 0 aliphatic carbocycles. The first-order chi connectivity index (χ1) is 13.3. The molecule has 0 radical (unpaired) electrons. The van der Waals surface area contributed by atoms with Gasteiger partial charge in [0.05, 0.1) is 13.2 Å². The number of thioether (sulfide) groups is 1. The Labute approximate surface area is 165 Å². The zero-order chi connectivity index (χ0) is 18.5. The molecule has 2 saturated heterocycles. The van der Waals surface area contributed by atoms with Crippen molar-refractivity contribution in [1.82, 2.24) is 4.90 Å². The van der Waals surface area contributed by atoms with E-state index >= 15 is 0 Å².